The molecule has 6 nitrogen and oxygen atoms in total. The van der Waals surface area contributed by atoms with Crippen molar-refractivity contribution in [3.63, 3.8) is 0 Å². The predicted molar refractivity (Wildman–Crippen MR) is 108 cm³/mol. The Balaban J connectivity index is 1.51. The third kappa shape index (κ3) is 5.60. The van der Waals surface area contributed by atoms with Crippen molar-refractivity contribution in [1.29, 1.82) is 0 Å². The number of aliphatic carboxylic acids is 1. The summed E-state index contributed by atoms with van der Waals surface area (Å²) in [4.78, 5) is 37.6. The number of carbonyl (C=O) groups excluding carboxylic acids is 2. The molecule has 3 rings (SSSR count). The second-order valence-corrected chi connectivity index (χ2v) is 7.64. The highest BCUT2D eigenvalue weighted by atomic mass is 32.2. The van der Waals surface area contributed by atoms with Crippen LogP contribution in [-0.4, -0.2) is 40.1 Å². The van der Waals surface area contributed by atoms with E-state index in [1.165, 1.54) is 22.9 Å². The summed E-state index contributed by atoms with van der Waals surface area (Å²) in [6, 6.07) is 15.4. The van der Waals surface area contributed by atoms with Gasteiger partial charge < -0.3 is 15.3 Å². The van der Waals surface area contributed by atoms with E-state index in [2.05, 4.69) is 17.4 Å². The number of hydrogen-bond acceptors (Lipinski definition) is 4. The zero-order valence-corrected chi connectivity index (χ0v) is 16.2. The van der Waals surface area contributed by atoms with Crippen molar-refractivity contribution in [2.75, 3.05) is 17.6 Å². The number of anilines is 1. The molecule has 0 aliphatic carbocycles. The Labute approximate surface area is 167 Å². The second-order valence-electron chi connectivity index (χ2n) is 6.59. The van der Waals surface area contributed by atoms with Gasteiger partial charge in [0.15, 0.2) is 0 Å². The number of fused-ring (bicyclic) bond motifs is 1. The summed E-state index contributed by atoms with van der Waals surface area (Å²) >= 11 is 1.43. The summed E-state index contributed by atoms with van der Waals surface area (Å²) in [6.07, 6.45) is 0.611. The molecule has 28 heavy (non-hydrogen) atoms. The number of nitrogens with one attached hydrogen (secondary N) is 1. The van der Waals surface area contributed by atoms with Gasteiger partial charge in [-0.15, -0.1) is 11.8 Å². The molecule has 0 unspecified atom stereocenters. The minimum absolute atomic E-state index is 0.0678. The van der Waals surface area contributed by atoms with Gasteiger partial charge >= 0.3 is 5.97 Å². The molecule has 1 aliphatic rings. The average molecular weight is 398 g/mol. The number of thioether (sulfide) groups is 1. The summed E-state index contributed by atoms with van der Waals surface area (Å²) in [7, 11) is 0. The Hall–Kier alpha value is -2.80. The number of rotatable bonds is 7. The fourth-order valence-corrected chi connectivity index (χ4v) is 3.91. The molecular formula is C21H22N2O4S. The second kappa shape index (κ2) is 9.41. The maximum Gasteiger partial charge on any atom is 0.303 e. The zero-order valence-electron chi connectivity index (χ0n) is 15.4. The highest BCUT2D eigenvalue weighted by Crippen LogP contribution is 2.24. The molecule has 1 heterocycles. The van der Waals surface area contributed by atoms with E-state index in [-0.39, 0.29) is 24.7 Å². The van der Waals surface area contributed by atoms with Gasteiger partial charge in [-0.3, -0.25) is 14.4 Å². The number of hydrogen-bond donors (Lipinski definition) is 2. The molecule has 1 aliphatic heterocycles. The smallest absolute Gasteiger partial charge is 0.303 e. The number of amides is 2. The third-order valence-electron chi connectivity index (χ3n) is 4.53. The molecule has 0 fully saturated rings. The fourth-order valence-electron chi connectivity index (χ4n) is 3.05. The zero-order chi connectivity index (χ0) is 19.9. The number of benzene rings is 2. The summed E-state index contributed by atoms with van der Waals surface area (Å²) in [5, 5.41) is 11.3. The Kier molecular flexibility index (Phi) is 6.71. The lowest BCUT2D eigenvalue weighted by Crippen LogP contribution is -2.37. The van der Waals surface area contributed by atoms with Crippen LogP contribution in [-0.2, 0) is 27.3 Å². The van der Waals surface area contributed by atoms with Crippen LogP contribution in [0.15, 0.2) is 53.4 Å². The SMILES string of the molecule is O=C(O)CCC(=O)Nc1cccc(SCC(=O)N2CCc3ccccc3C2)c1. The van der Waals surface area contributed by atoms with Gasteiger partial charge in [-0.1, -0.05) is 30.3 Å². The van der Waals surface area contributed by atoms with Crippen LogP contribution in [0.4, 0.5) is 5.69 Å². The summed E-state index contributed by atoms with van der Waals surface area (Å²) in [5.74, 6) is -0.917. The van der Waals surface area contributed by atoms with Gasteiger partial charge in [-0.05, 0) is 35.7 Å². The quantitative estimate of drug-likeness (QED) is 0.700. The Bertz CT molecular complexity index is 884. The van der Waals surface area contributed by atoms with Crippen molar-refractivity contribution in [2.24, 2.45) is 0 Å². The summed E-state index contributed by atoms with van der Waals surface area (Å²) in [6.45, 7) is 1.38. The van der Waals surface area contributed by atoms with E-state index >= 15 is 0 Å². The van der Waals surface area contributed by atoms with Crippen LogP contribution in [0.2, 0.25) is 0 Å². The number of carboxylic acid groups (broad SMARTS) is 1. The van der Waals surface area contributed by atoms with E-state index in [0.717, 1.165) is 17.9 Å². The maximum atomic E-state index is 12.6. The molecule has 0 bridgehead atoms. The molecule has 7 heteroatoms. The molecule has 0 spiro atoms. The maximum absolute atomic E-state index is 12.6. The van der Waals surface area contributed by atoms with Crippen LogP contribution in [0.25, 0.3) is 0 Å². The van der Waals surface area contributed by atoms with Gasteiger partial charge in [0.1, 0.15) is 0 Å². The van der Waals surface area contributed by atoms with Gasteiger partial charge in [0, 0.05) is 30.1 Å². The summed E-state index contributed by atoms with van der Waals surface area (Å²) < 4.78 is 0. The topological polar surface area (TPSA) is 86.7 Å². The molecule has 0 saturated carbocycles. The lowest BCUT2D eigenvalue weighted by Gasteiger charge is -2.28. The standard InChI is InChI=1S/C21H22N2O4S/c24-19(8-9-21(26)27)22-17-6-3-7-18(12-17)28-14-20(25)23-11-10-15-4-1-2-5-16(15)13-23/h1-7,12H,8-11,13-14H2,(H,22,24)(H,26,27). The van der Waals surface area contributed by atoms with E-state index in [0.29, 0.717) is 18.0 Å². The first-order chi connectivity index (χ1) is 13.5. The predicted octanol–water partition coefficient (Wildman–Crippen LogP) is 3.17. The van der Waals surface area contributed by atoms with Crippen LogP contribution in [0.3, 0.4) is 0 Å². The number of carboxylic acids is 1. The van der Waals surface area contributed by atoms with E-state index in [1.807, 2.05) is 23.1 Å². The van der Waals surface area contributed by atoms with Crippen molar-refractivity contribution in [2.45, 2.75) is 30.7 Å². The molecule has 2 N–H and O–H groups in total. The minimum atomic E-state index is -1.00. The van der Waals surface area contributed by atoms with E-state index in [9.17, 15) is 14.4 Å². The van der Waals surface area contributed by atoms with E-state index in [1.54, 1.807) is 18.2 Å². The van der Waals surface area contributed by atoms with Gasteiger partial charge in [-0.25, -0.2) is 0 Å². The average Bonchev–Trinajstić information content (AvgIpc) is 2.70. The third-order valence-corrected chi connectivity index (χ3v) is 5.51. The van der Waals surface area contributed by atoms with Crippen molar-refractivity contribution >= 4 is 35.2 Å². The van der Waals surface area contributed by atoms with Crippen LogP contribution in [0, 0.1) is 0 Å². The molecule has 2 amide bonds. The van der Waals surface area contributed by atoms with Crippen molar-refractivity contribution < 1.29 is 19.5 Å². The normalized spacial score (nSPS) is 12.9. The lowest BCUT2D eigenvalue weighted by atomic mass is 10.00. The highest BCUT2D eigenvalue weighted by molar-refractivity contribution is 8.00. The van der Waals surface area contributed by atoms with Gasteiger partial charge in [0.25, 0.3) is 0 Å². The Morgan fingerprint density at radius 2 is 1.82 bits per heavy atom. The van der Waals surface area contributed by atoms with Crippen LogP contribution in [0.1, 0.15) is 24.0 Å². The number of carbonyl (C=O) groups is 3. The first kappa shape index (κ1) is 19.9. The largest absolute Gasteiger partial charge is 0.481 e. The molecule has 0 radical (unpaired) electrons. The van der Waals surface area contributed by atoms with Crippen LogP contribution >= 0.6 is 11.8 Å². The molecule has 0 atom stereocenters. The lowest BCUT2D eigenvalue weighted by molar-refractivity contribution is -0.138. The van der Waals surface area contributed by atoms with Crippen molar-refractivity contribution in [1.82, 2.24) is 4.90 Å². The Morgan fingerprint density at radius 3 is 2.61 bits per heavy atom. The van der Waals surface area contributed by atoms with Crippen molar-refractivity contribution in [3.8, 4) is 0 Å². The van der Waals surface area contributed by atoms with Gasteiger partial charge in [0.05, 0.1) is 12.2 Å². The molecule has 0 aromatic heterocycles. The fraction of sp³-hybridized carbons (Fsp3) is 0.286. The van der Waals surface area contributed by atoms with Gasteiger partial charge in [-0.2, -0.15) is 0 Å². The highest BCUT2D eigenvalue weighted by Gasteiger charge is 2.20. The first-order valence-electron chi connectivity index (χ1n) is 9.10. The van der Waals surface area contributed by atoms with Crippen LogP contribution < -0.4 is 5.32 Å². The Morgan fingerprint density at radius 1 is 1.04 bits per heavy atom. The molecule has 146 valence electrons. The summed E-state index contributed by atoms with van der Waals surface area (Å²) in [5.41, 5.74) is 3.11. The van der Waals surface area contributed by atoms with Crippen molar-refractivity contribution in [3.05, 3.63) is 59.7 Å². The van der Waals surface area contributed by atoms with E-state index in [4.69, 9.17) is 5.11 Å². The monoisotopic (exact) mass is 398 g/mol. The van der Waals surface area contributed by atoms with Gasteiger partial charge in [0.2, 0.25) is 11.8 Å². The van der Waals surface area contributed by atoms with E-state index < -0.39 is 5.97 Å². The number of nitrogens with zero attached hydrogens (tertiary/aromatic N) is 1. The molecular weight excluding hydrogens is 376 g/mol. The van der Waals surface area contributed by atoms with Crippen LogP contribution in [0.5, 0.6) is 0 Å². The minimum Gasteiger partial charge on any atom is -0.481 e. The molecule has 0 saturated heterocycles. The molecule has 2 aromatic rings. The first-order valence-corrected chi connectivity index (χ1v) is 10.1. The molecule has 2 aromatic carbocycles.